The van der Waals surface area contributed by atoms with Crippen molar-refractivity contribution < 1.29 is 14.6 Å². The van der Waals surface area contributed by atoms with Crippen molar-refractivity contribution in [2.24, 2.45) is 0 Å². The number of hydrogen-bond donors (Lipinski definition) is 1. The summed E-state index contributed by atoms with van der Waals surface area (Å²) in [6, 6.07) is 24.1. The lowest BCUT2D eigenvalue weighted by molar-refractivity contribution is 0.0514. The lowest BCUT2D eigenvalue weighted by atomic mass is 9.98. The molecule has 146 valence electrons. The van der Waals surface area contributed by atoms with Crippen molar-refractivity contribution in [3.63, 3.8) is 0 Å². The first kappa shape index (κ1) is 18.0. The number of ether oxygens (including phenoxy) is 1. The summed E-state index contributed by atoms with van der Waals surface area (Å²) in [5.41, 5.74) is 6.88. The maximum absolute atomic E-state index is 12.9. The zero-order valence-corrected chi connectivity index (χ0v) is 16.3. The molecule has 29 heavy (non-hydrogen) atoms. The molecule has 3 aromatic rings. The molecule has 2 aliphatic carbocycles. The molecule has 0 bridgehead atoms. The molecule has 2 atom stereocenters. The summed E-state index contributed by atoms with van der Waals surface area (Å²) >= 11 is 0. The van der Waals surface area contributed by atoms with Crippen LogP contribution in [0.15, 0.2) is 72.8 Å². The molecule has 5 rings (SSSR count). The Hall–Kier alpha value is -3.11. The van der Waals surface area contributed by atoms with E-state index in [2.05, 4.69) is 24.3 Å². The van der Waals surface area contributed by atoms with Gasteiger partial charge in [0.1, 0.15) is 6.61 Å². The molecule has 3 aromatic carbocycles. The van der Waals surface area contributed by atoms with Gasteiger partial charge in [0, 0.05) is 19.4 Å². The average molecular weight is 385 g/mol. The summed E-state index contributed by atoms with van der Waals surface area (Å²) in [5, 5.41) is 10.5. The first-order chi connectivity index (χ1) is 14.1. The van der Waals surface area contributed by atoms with Crippen LogP contribution in [-0.4, -0.2) is 35.9 Å². The first-order valence-electron chi connectivity index (χ1n) is 9.99. The molecule has 1 N–H and O–H groups in total. The molecule has 2 aliphatic rings. The van der Waals surface area contributed by atoms with Gasteiger partial charge < -0.3 is 14.7 Å². The Morgan fingerprint density at radius 2 is 1.48 bits per heavy atom. The van der Waals surface area contributed by atoms with E-state index in [9.17, 15) is 9.90 Å². The number of rotatable bonds is 3. The Kier molecular flexibility index (Phi) is 4.36. The highest BCUT2D eigenvalue weighted by Gasteiger charge is 2.37. The van der Waals surface area contributed by atoms with E-state index in [0.29, 0.717) is 6.42 Å². The van der Waals surface area contributed by atoms with Crippen molar-refractivity contribution in [3.05, 3.63) is 95.1 Å². The number of nitrogens with zero attached hydrogens (tertiary/aromatic N) is 1. The highest BCUT2D eigenvalue weighted by Crippen LogP contribution is 2.44. The van der Waals surface area contributed by atoms with Crippen molar-refractivity contribution >= 4 is 6.09 Å². The quantitative estimate of drug-likeness (QED) is 0.721. The Balaban J connectivity index is 1.35. The van der Waals surface area contributed by atoms with Crippen LogP contribution in [-0.2, 0) is 11.2 Å². The van der Waals surface area contributed by atoms with Crippen LogP contribution in [0.2, 0.25) is 0 Å². The van der Waals surface area contributed by atoms with Crippen molar-refractivity contribution in [3.8, 4) is 11.1 Å². The van der Waals surface area contributed by atoms with Gasteiger partial charge in [-0.05, 0) is 33.4 Å². The average Bonchev–Trinajstić information content (AvgIpc) is 3.25. The molecule has 1 amide bonds. The lowest BCUT2D eigenvalue weighted by Crippen LogP contribution is -2.36. The molecule has 0 heterocycles. The fourth-order valence-corrected chi connectivity index (χ4v) is 4.83. The minimum absolute atomic E-state index is 0.0283. The van der Waals surface area contributed by atoms with E-state index < -0.39 is 12.2 Å². The maximum atomic E-state index is 12.9. The van der Waals surface area contributed by atoms with E-state index >= 15 is 0 Å². The molecular formula is C25H23NO3. The second kappa shape index (κ2) is 7.05. The predicted molar refractivity (Wildman–Crippen MR) is 112 cm³/mol. The highest BCUT2D eigenvalue weighted by atomic mass is 16.6. The second-order valence-electron chi connectivity index (χ2n) is 7.83. The zero-order valence-electron chi connectivity index (χ0n) is 16.3. The maximum Gasteiger partial charge on any atom is 0.410 e. The normalized spacial score (nSPS) is 19.4. The molecule has 0 aliphatic heterocycles. The van der Waals surface area contributed by atoms with E-state index in [1.165, 1.54) is 27.2 Å². The van der Waals surface area contributed by atoms with Gasteiger partial charge in [0.2, 0.25) is 0 Å². The summed E-state index contributed by atoms with van der Waals surface area (Å²) < 4.78 is 5.75. The molecule has 0 saturated heterocycles. The summed E-state index contributed by atoms with van der Waals surface area (Å²) in [6.45, 7) is 0.279. The van der Waals surface area contributed by atoms with Crippen LogP contribution < -0.4 is 0 Å². The fraction of sp³-hybridized carbons (Fsp3) is 0.240. The molecule has 0 spiro atoms. The number of aliphatic hydroxyl groups excluding tert-OH is 1. The Morgan fingerprint density at radius 3 is 2.14 bits per heavy atom. The Labute approximate surface area is 170 Å². The van der Waals surface area contributed by atoms with Crippen LogP contribution in [0.5, 0.6) is 0 Å². The van der Waals surface area contributed by atoms with Gasteiger partial charge in [-0.2, -0.15) is 0 Å². The third-order valence-electron chi connectivity index (χ3n) is 6.21. The zero-order chi connectivity index (χ0) is 20.0. The second-order valence-corrected chi connectivity index (χ2v) is 7.83. The van der Waals surface area contributed by atoms with E-state index in [1.807, 2.05) is 48.5 Å². The molecule has 0 aromatic heterocycles. The van der Waals surface area contributed by atoms with Crippen LogP contribution in [0.4, 0.5) is 4.79 Å². The number of aliphatic hydroxyl groups is 1. The van der Waals surface area contributed by atoms with E-state index in [1.54, 1.807) is 7.05 Å². The van der Waals surface area contributed by atoms with Gasteiger partial charge in [-0.15, -0.1) is 0 Å². The van der Waals surface area contributed by atoms with E-state index in [-0.39, 0.29) is 18.6 Å². The minimum atomic E-state index is -0.613. The van der Waals surface area contributed by atoms with Gasteiger partial charge in [-0.1, -0.05) is 72.8 Å². The third kappa shape index (κ3) is 2.91. The number of benzene rings is 3. The Morgan fingerprint density at radius 1 is 0.931 bits per heavy atom. The monoisotopic (exact) mass is 385 g/mol. The first-order valence-corrected chi connectivity index (χ1v) is 9.99. The van der Waals surface area contributed by atoms with E-state index in [0.717, 1.165) is 11.1 Å². The number of likely N-dealkylation sites (N-methyl/N-ethyl adjacent to an activating group) is 1. The lowest BCUT2D eigenvalue weighted by Gasteiger charge is -2.28. The molecule has 0 fully saturated rings. The molecule has 0 saturated carbocycles. The van der Waals surface area contributed by atoms with Gasteiger partial charge in [-0.3, -0.25) is 0 Å². The molecule has 4 nitrogen and oxygen atoms in total. The molecule has 4 heteroatoms. The topological polar surface area (TPSA) is 49.8 Å². The number of amides is 1. The number of hydrogen-bond acceptors (Lipinski definition) is 3. The van der Waals surface area contributed by atoms with Gasteiger partial charge in [0.15, 0.2) is 0 Å². The fourth-order valence-electron chi connectivity index (χ4n) is 4.83. The van der Waals surface area contributed by atoms with Crippen LogP contribution in [0.3, 0.4) is 0 Å². The Bertz CT molecular complexity index is 1030. The number of fused-ring (bicyclic) bond motifs is 4. The van der Waals surface area contributed by atoms with Crippen molar-refractivity contribution in [2.45, 2.75) is 24.5 Å². The predicted octanol–water partition coefficient (Wildman–Crippen LogP) is 4.53. The summed E-state index contributed by atoms with van der Waals surface area (Å²) in [5.74, 6) is 0.0283. The number of carbonyl (C=O) groups is 1. The third-order valence-corrected chi connectivity index (χ3v) is 6.21. The molecule has 0 unspecified atom stereocenters. The molecule has 0 radical (unpaired) electrons. The molecular weight excluding hydrogens is 362 g/mol. The van der Waals surface area contributed by atoms with Crippen LogP contribution in [0.1, 0.15) is 34.2 Å². The number of carbonyl (C=O) groups excluding carboxylic acids is 1. The van der Waals surface area contributed by atoms with Crippen molar-refractivity contribution in [1.82, 2.24) is 4.90 Å². The van der Waals surface area contributed by atoms with Gasteiger partial charge in [0.25, 0.3) is 0 Å². The summed E-state index contributed by atoms with van der Waals surface area (Å²) in [7, 11) is 1.70. The van der Waals surface area contributed by atoms with Crippen LogP contribution in [0.25, 0.3) is 11.1 Å². The van der Waals surface area contributed by atoms with E-state index in [4.69, 9.17) is 4.74 Å². The summed E-state index contributed by atoms with van der Waals surface area (Å²) in [6.07, 6.45) is -0.465. The standard InChI is InChI=1S/C25H23NO3/c1-26(24-17-9-3-2-8-16(17)14-23(24)27)25(28)29-15-22-20-12-6-4-10-18(20)19-11-5-7-13-21(19)22/h2-13,22-24,27H,14-15H2,1H3/t23-,24+/m1/s1. The minimum Gasteiger partial charge on any atom is -0.448 e. The van der Waals surface area contributed by atoms with Crippen LogP contribution in [0, 0.1) is 0 Å². The van der Waals surface area contributed by atoms with Gasteiger partial charge in [-0.25, -0.2) is 4.79 Å². The largest absolute Gasteiger partial charge is 0.448 e. The van der Waals surface area contributed by atoms with Crippen molar-refractivity contribution in [2.75, 3.05) is 13.7 Å². The highest BCUT2D eigenvalue weighted by molar-refractivity contribution is 5.79. The summed E-state index contributed by atoms with van der Waals surface area (Å²) in [4.78, 5) is 14.4. The van der Waals surface area contributed by atoms with Gasteiger partial charge in [0.05, 0.1) is 12.1 Å². The van der Waals surface area contributed by atoms with Crippen LogP contribution >= 0.6 is 0 Å². The SMILES string of the molecule is CN(C(=O)OCC1c2ccccc2-c2ccccc21)[C@H]1c2ccccc2C[C@H]1O. The van der Waals surface area contributed by atoms with Crippen molar-refractivity contribution in [1.29, 1.82) is 0 Å². The van der Waals surface area contributed by atoms with Gasteiger partial charge >= 0.3 is 6.09 Å². The smallest absolute Gasteiger partial charge is 0.410 e.